The molecule has 0 aliphatic carbocycles. The van der Waals surface area contributed by atoms with E-state index >= 15 is 0 Å². The van der Waals surface area contributed by atoms with E-state index in [-0.39, 0.29) is 0 Å². The summed E-state index contributed by atoms with van der Waals surface area (Å²) in [5.74, 6) is 0.890. The molecule has 1 aromatic heterocycles. The van der Waals surface area contributed by atoms with Crippen LogP contribution in [0.25, 0.3) is 0 Å². The van der Waals surface area contributed by atoms with E-state index in [4.69, 9.17) is 9.97 Å². The number of hydrogen-bond acceptors (Lipinski definition) is 5. The SMILES string of the molecule is Cc1nc(N2CCN(C)CC2)nc(C)c1CNC(C)C. The molecule has 5 heteroatoms. The van der Waals surface area contributed by atoms with Crippen LogP contribution >= 0.6 is 0 Å². The highest BCUT2D eigenvalue weighted by atomic mass is 15.3. The van der Waals surface area contributed by atoms with Gasteiger partial charge in [0, 0.05) is 55.7 Å². The van der Waals surface area contributed by atoms with Crippen LogP contribution in [0.15, 0.2) is 0 Å². The van der Waals surface area contributed by atoms with Crippen molar-refractivity contribution in [3.8, 4) is 0 Å². The number of nitrogens with zero attached hydrogens (tertiary/aromatic N) is 4. The predicted octanol–water partition coefficient (Wildman–Crippen LogP) is 1.34. The molecule has 0 aromatic carbocycles. The van der Waals surface area contributed by atoms with Crippen molar-refractivity contribution in [2.75, 3.05) is 38.1 Å². The summed E-state index contributed by atoms with van der Waals surface area (Å²) in [6.07, 6.45) is 0. The molecule has 1 aromatic rings. The highest BCUT2D eigenvalue weighted by Crippen LogP contribution is 2.17. The minimum Gasteiger partial charge on any atom is -0.338 e. The van der Waals surface area contributed by atoms with Crippen molar-refractivity contribution >= 4 is 5.95 Å². The van der Waals surface area contributed by atoms with Gasteiger partial charge in [-0.25, -0.2) is 9.97 Å². The second-order valence-corrected chi connectivity index (χ2v) is 6.00. The average Bonchev–Trinajstić information content (AvgIpc) is 2.38. The van der Waals surface area contributed by atoms with E-state index in [2.05, 4.69) is 49.9 Å². The van der Waals surface area contributed by atoms with E-state index in [1.807, 2.05) is 0 Å². The second kappa shape index (κ2) is 6.50. The molecule has 2 rings (SSSR count). The van der Waals surface area contributed by atoms with Gasteiger partial charge in [0.2, 0.25) is 5.95 Å². The van der Waals surface area contributed by atoms with Gasteiger partial charge in [0.15, 0.2) is 0 Å². The molecule has 2 heterocycles. The van der Waals surface area contributed by atoms with E-state index in [9.17, 15) is 0 Å². The summed E-state index contributed by atoms with van der Waals surface area (Å²) in [7, 11) is 2.16. The van der Waals surface area contributed by atoms with Crippen molar-refractivity contribution in [1.82, 2.24) is 20.2 Å². The monoisotopic (exact) mass is 277 g/mol. The summed E-state index contributed by atoms with van der Waals surface area (Å²) >= 11 is 0. The van der Waals surface area contributed by atoms with E-state index in [1.165, 1.54) is 5.56 Å². The number of hydrogen-bond donors (Lipinski definition) is 1. The Morgan fingerprint density at radius 2 is 1.60 bits per heavy atom. The Kier molecular flexibility index (Phi) is 4.94. The van der Waals surface area contributed by atoms with Gasteiger partial charge >= 0.3 is 0 Å². The van der Waals surface area contributed by atoms with Gasteiger partial charge in [-0.15, -0.1) is 0 Å². The van der Waals surface area contributed by atoms with Crippen LogP contribution in [0.5, 0.6) is 0 Å². The predicted molar refractivity (Wildman–Crippen MR) is 83.2 cm³/mol. The van der Waals surface area contributed by atoms with Gasteiger partial charge in [0.25, 0.3) is 0 Å². The number of nitrogens with one attached hydrogen (secondary N) is 1. The van der Waals surface area contributed by atoms with Gasteiger partial charge in [-0.1, -0.05) is 13.8 Å². The molecule has 0 radical (unpaired) electrons. The molecule has 1 fully saturated rings. The normalized spacial score (nSPS) is 17.0. The lowest BCUT2D eigenvalue weighted by molar-refractivity contribution is 0.311. The van der Waals surface area contributed by atoms with E-state index in [0.29, 0.717) is 6.04 Å². The van der Waals surface area contributed by atoms with Gasteiger partial charge in [-0.05, 0) is 20.9 Å². The number of piperazine rings is 1. The van der Waals surface area contributed by atoms with Crippen LogP contribution in [-0.4, -0.2) is 54.1 Å². The lowest BCUT2D eigenvalue weighted by atomic mass is 10.1. The maximum absolute atomic E-state index is 4.72. The van der Waals surface area contributed by atoms with Gasteiger partial charge in [-0.3, -0.25) is 0 Å². The van der Waals surface area contributed by atoms with E-state index in [1.54, 1.807) is 0 Å². The summed E-state index contributed by atoms with van der Waals surface area (Å²) in [6.45, 7) is 13.5. The van der Waals surface area contributed by atoms with Crippen molar-refractivity contribution in [2.45, 2.75) is 40.3 Å². The fraction of sp³-hybridized carbons (Fsp3) is 0.733. The van der Waals surface area contributed by atoms with Crippen LogP contribution in [0.2, 0.25) is 0 Å². The van der Waals surface area contributed by atoms with Gasteiger partial charge in [0.1, 0.15) is 0 Å². The molecule has 1 saturated heterocycles. The van der Waals surface area contributed by atoms with E-state index in [0.717, 1.165) is 50.1 Å². The molecule has 0 spiro atoms. The third kappa shape index (κ3) is 3.67. The third-order valence-corrected chi connectivity index (χ3v) is 3.88. The molecule has 0 atom stereocenters. The molecule has 0 bridgehead atoms. The molecule has 0 amide bonds. The molecule has 20 heavy (non-hydrogen) atoms. The van der Waals surface area contributed by atoms with Crippen molar-refractivity contribution in [1.29, 1.82) is 0 Å². The Morgan fingerprint density at radius 1 is 1.05 bits per heavy atom. The molecule has 1 aliphatic rings. The maximum atomic E-state index is 4.72. The number of anilines is 1. The maximum Gasteiger partial charge on any atom is 0.225 e. The number of aromatic nitrogens is 2. The van der Waals surface area contributed by atoms with Crippen LogP contribution < -0.4 is 10.2 Å². The largest absolute Gasteiger partial charge is 0.338 e. The molecule has 1 N–H and O–H groups in total. The first-order chi connectivity index (χ1) is 9.47. The Labute approximate surface area is 122 Å². The summed E-state index contributed by atoms with van der Waals surface area (Å²) < 4.78 is 0. The zero-order valence-corrected chi connectivity index (χ0v) is 13.4. The minimum atomic E-state index is 0.478. The number of rotatable bonds is 4. The van der Waals surface area contributed by atoms with Gasteiger partial charge in [0.05, 0.1) is 0 Å². The molecule has 112 valence electrons. The van der Waals surface area contributed by atoms with Crippen molar-refractivity contribution in [3.05, 3.63) is 17.0 Å². The fourth-order valence-corrected chi connectivity index (χ4v) is 2.43. The molecular formula is C15H27N5. The minimum absolute atomic E-state index is 0.478. The Balaban J connectivity index is 2.13. The molecule has 1 aliphatic heterocycles. The zero-order valence-electron chi connectivity index (χ0n) is 13.4. The van der Waals surface area contributed by atoms with Crippen LogP contribution in [0.1, 0.15) is 30.8 Å². The van der Waals surface area contributed by atoms with Crippen molar-refractivity contribution in [2.24, 2.45) is 0 Å². The molecule has 0 saturated carbocycles. The van der Waals surface area contributed by atoms with Crippen LogP contribution in [-0.2, 0) is 6.54 Å². The highest BCUT2D eigenvalue weighted by Gasteiger charge is 2.18. The number of aryl methyl sites for hydroxylation is 2. The standard InChI is InChI=1S/C15H27N5/c1-11(2)16-10-14-12(3)17-15(18-13(14)4)20-8-6-19(5)7-9-20/h11,16H,6-10H2,1-5H3. The van der Waals surface area contributed by atoms with Crippen molar-refractivity contribution < 1.29 is 0 Å². The molecular weight excluding hydrogens is 250 g/mol. The summed E-state index contributed by atoms with van der Waals surface area (Å²) in [4.78, 5) is 14.1. The smallest absolute Gasteiger partial charge is 0.225 e. The first kappa shape index (κ1) is 15.2. The van der Waals surface area contributed by atoms with Crippen molar-refractivity contribution in [3.63, 3.8) is 0 Å². The lowest BCUT2D eigenvalue weighted by Gasteiger charge is -2.32. The van der Waals surface area contributed by atoms with Crippen LogP contribution in [0.3, 0.4) is 0 Å². The average molecular weight is 277 g/mol. The Hall–Kier alpha value is -1.20. The summed E-state index contributed by atoms with van der Waals surface area (Å²) in [5.41, 5.74) is 3.43. The van der Waals surface area contributed by atoms with E-state index < -0.39 is 0 Å². The van der Waals surface area contributed by atoms with Gasteiger partial charge in [-0.2, -0.15) is 0 Å². The molecule has 0 unspecified atom stereocenters. The summed E-state index contributed by atoms with van der Waals surface area (Å²) in [6, 6.07) is 0.478. The summed E-state index contributed by atoms with van der Waals surface area (Å²) in [5, 5.41) is 3.45. The van der Waals surface area contributed by atoms with Gasteiger partial charge < -0.3 is 15.1 Å². The van der Waals surface area contributed by atoms with Crippen LogP contribution in [0.4, 0.5) is 5.95 Å². The Bertz CT molecular complexity index is 427. The quantitative estimate of drug-likeness (QED) is 0.900. The molecule has 5 nitrogen and oxygen atoms in total. The number of likely N-dealkylation sites (N-methyl/N-ethyl adjacent to an activating group) is 1. The second-order valence-electron chi connectivity index (χ2n) is 6.00. The fourth-order valence-electron chi connectivity index (χ4n) is 2.43. The first-order valence-electron chi connectivity index (χ1n) is 7.48. The third-order valence-electron chi connectivity index (χ3n) is 3.88. The lowest BCUT2D eigenvalue weighted by Crippen LogP contribution is -2.45. The Morgan fingerprint density at radius 3 is 2.10 bits per heavy atom. The van der Waals surface area contributed by atoms with Crippen LogP contribution in [0, 0.1) is 13.8 Å². The first-order valence-corrected chi connectivity index (χ1v) is 7.48. The zero-order chi connectivity index (χ0) is 14.7. The highest BCUT2D eigenvalue weighted by molar-refractivity contribution is 5.37. The topological polar surface area (TPSA) is 44.3 Å².